The standard InChI is InChI=1S/C36H23N/c1-4-12-30(13-5-1)20-23-33-24-21-31(22-25-33)14-10-11-15-32-26-28-36(29-27-32)37(34-16-6-2-7-17-34)35-18-8-3-9-19-35/h1-9,12-13,16-19,21-22,24-29H. The van der Waals surface area contributed by atoms with Gasteiger partial charge in [0.2, 0.25) is 0 Å². The molecule has 1 nitrogen and oxygen atoms in total. The van der Waals surface area contributed by atoms with Gasteiger partial charge < -0.3 is 4.90 Å². The fourth-order valence-electron chi connectivity index (χ4n) is 3.80. The fourth-order valence-corrected chi connectivity index (χ4v) is 3.80. The third-order valence-electron chi connectivity index (χ3n) is 5.64. The Balaban J connectivity index is 1.28. The van der Waals surface area contributed by atoms with E-state index < -0.39 is 0 Å². The molecule has 5 aromatic rings. The molecule has 0 aliphatic carbocycles. The minimum absolute atomic E-state index is 0.913. The molecule has 0 bridgehead atoms. The average Bonchev–Trinajstić information content (AvgIpc) is 2.97. The van der Waals surface area contributed by atoms with Gasteiger partial charge in [0.25, 0.3) is 0 Å². The van der Waals surface area contributed by atoms with Gasteiger partial charge in [-0.3, -0.25) is 0 Å². The topological polar surface area (TPSA) is 3.24 Å². The van der Waals surface area contributed by atoms with Crippen LogP contribution in [0.25, 0.3) is 0 Å². The van der Waals surface area contributed by atoms with Gasteiger partial charge in [-0.1, -0.05) is 78.3 Å². The minimum atomic E-state index is 0.913. The Morgan fingerprint density at radius 3 is 1.08 bits per heavy atom. The lowest BCUT2D eigenvalue weighted by atomic mass is 10.1. The molecule has 0 aliphatic heterocycles. The van der Waals surface area contributed by atoms with Gasteiger partial charge in [-0.05, 0) is 96.8 Å². The number of hydrogen-bond acceptors (Lipinski definition) is 1. The molecule has 0 heterocycles. The summed E-state index contributed by atoms with van der Waals surface area (Å²) in [5.74, 6) is 18.5. The van der Waals surface area contributed by atoms with Gasteiger partial charge in [0.15, 0.2) is 0 Å². The summed E-state index contributed by atoms with van der Waals surface area (Å²) >= 11 is 0. The van der Waals surface area contributed by atoms with Crippen LogP contribution in [0.4, 0.5) is 17.1 Å². The Kier molecular flexibility index (Phi) is 7.45. The summed E-state index contributed by atoms with van der Waals surface area (Å²) in [6.45, 7) is 0. The van der Waals surface area contributed by atoms with Crippen molar-refractivity contribution in [1.82, 2.24) is 0 Å². The van der Waals surface area contributed by atoms with E-state index in [0.717, 1.165) is 39.3 Å². The molecule has 0 fully saturated rings. The van der Waals surface area contributed by atoms with Crippen LogP contribution in [-0.4, -0.2) is 0 Å². The van der Waals surface area contributed by atoms with Crippen molar-refractivity contribution in [3.63, 3.8) is 0 Å². The van der Waals surface area contributed by atoms with Crippen LogP contribution < -0.4 is 4.90 Å². The van der Waals surface area contributed by atoms with E-state index in [2.05, 4.69) is 101 Å². The lowest BCUT2D eigenvalue weighted by Crippen LogP contribution is -2.09. The van der Waals surface area contributed by atoms with Crippen LogP contribution in [0.1, 0.15) is 22.3 Å². The molecule has 0 saturated carbocycles. The van der Waals surface area contributed by atoms with Gasteiger partial charge in [0, 0.05) is 39.3 Å². The molecule has 0 N–H and O–H groups in total. The van der Waals surface area contributed by atoms with Crippen LogP contribution in [0.5, 0.6) is 0 Å². The van der Waals surface area contributed by atoms with Crippen LogP contribution in [0.3, 0.4) is 0 Å². The third-order valence-corrected chi connectivity index (χ3v) is 5.64. The van der Waals surface area contributed by atoms with Gasteiger partial charge in [0.1, 0.15) is 0 Å². The zero-order chi connectivity index (χ0) is 25.1. The van der Waals surface area contributed by atoms with Crippen molar-refractivity contribution in [1.29, 1.82) is 0 Å². The Morgan fingerprint density at radius 2 is 0.622 bits per heavy atom. The first-order valence-electron chi connectivity index (χ1n) is 12.0. The SMILES string of the molecule is C(C#Cc1ccc(N(c2ccccc2)c2ccccc2)cc1)#Cc1ccc(C#Cc2ccccc2)cc1. The summed E-state index contributed by atoms with van der Waals surface area (Å²) in [6.07, 6.45) is 0. The summed E-state index contributed by atoms with van der Waals surface area (Å²) in [5, 5.41) is 0. The van der Waals surface area contributed by atoms with Crippen LogP contribution in [0, 0.1) is 35.5 Å². The molecule has 5 aromatic carbocycles. The zero-order valence-corrected chi connectivity index (χ0v) is 20.2. The number of hydrogen-bond donors (Lipinski definition) is 0. The molecule has 0 atom stereocenters. The van der Waals surface area contributed by atoms with Crippen molar-refractivity contribution in [2.24, 2.45) is 0 Å². The number of para-hydroxylation sites is 2. The van der Waals surface area contributed by atoms with E-state index in [1.54, 1.807) is 0 Å². The first-order valence-corrected chi connectivity index (χ1v) is 12.0. The Hall–Kier alpha value is -5.42. The van der Waals surface area contributed by atoms with Gasteiger partial charge >= 0.3 is 0 Å². The van der Waals surface area contributed by atoms with E-state index in [1.807, 2.05) is 78.9 Å². The van der Waals surface area contributed by atoms with Crippen molar-refractivity contribution in [2.75, 3.05) is 4.90 Å². The second-order valence-electron chi connectivity index (χ2n) is 8.25. The van der Waals surface area contributed by atoms with Gasteiger partial charge in [0.05, 0.1) is 0 Å². The molecular weight excluding hydrogens is 446 g/mol. The van der Waals surface area contributed by atoms with E-state index in [9.17, 15) is 0 Å². The van der Waals surface area contributed by atoms with E-state index in [4.69, 9.17) is 0 Å². The first kappa shape index (κ1) is 23.3. The molecule has 0 aliphatic rings. The van der Waals surface area contributed by atoms with Crippen LogP contribution in [-0.2, 0) is 0 Å². The maximum Gasteiger partial charge on any atom is 0.0462 e. The van der Waals surface area contributed by atoms with E-state index in [0.29, 0.717) is 0 Å². The molecule has 0 saturated heterocycles. The highest BCUT2D eigenvalue weighted by molar-refractivity contribution is 5.76. The van der Waals surface area contributed by atoms with Crippen LogP contribution in [0.15, 0.2) is 140 Å². The van der Waals surface area contributed by atoms with Crippen molar-refractivity contribution in [3.8, 4) is 35.5 Å². The average molecular weight is 470 g/mol. The van der Waals surface area contributed by atoms with Gasteiger partial charge in [-0.25, -0.2) is 0 Å². The van der Waals surface area contributed by atoms with Crippen molar-refractivity contribution in [3.05, 3.63) is 162 Å². The first-order chi connectivity index (χ1) is 18.3. The van der Waals surface area contributed by atoms with Crippen molar-refractivity contribution >= 4 is 17.1 Å². The number of nitrogens with zero attached hydrogens (tertiary/aromatic N) is 1. The Bertz CT molecular complexity index is 1590. The Labute approximate surface area is 219 Å². The van der Waals surface area contributed by atoms with E-state index in [-0.39, 0.29) is 0 Å². The number of rotatable bonds is 3. The van der Waals surface area contributed by atoms with E-state index >= 15 is 0 Å². The van der Waals surface area contributed by atoms with Crippen molar-refractivity contribution < 1.29 is 0 Å². The summed E-state index contributed by atoms with van der Waals surface area (Å²) in [4.78, 5) is 2.23. The van der Waals surface area contributed by atoms with Gasteiger partial charge in [-0.15, -0.1) is 0 Å². The molecule has 172 valence electrons. The highest BCUT2D eigenvalue weighted by Gasteiger charge is 2.11. The molecule has 0 aromatic heterocycles. The zero-order valence-electron chi connectivity index (χ0n) is 20.2. The lowest BCUT2D eigenvalue weighted by Gasteiger charge is -2.25. The van der Waals surface area contributed by atoms with Crippen LogP contribution in [0.2, 0.25) is 0 Å². The number of benzene rings is 5. The second-order valence-corrected chi connectivity index (χ2v) is 8.25. The maximum absolute atomic E-state index is 3.18. The predicted molar refractivity (Wildman–Crippen MR) is 154 cm³/mol. The molecule has 5 rings (SSSR count). The lowest BCUT2D eigenvalue weighted by molar-refractivity contribution is 1.28. The molecule has 0 spiro atoms. The molecular formula is C36H23N. The molecule has 0 amide bonds. The van der Waals surface area contributed by atoms with Crippen LogP contribution >= 0.6 is 0 Å². The molecule has 1 heteroatoms. The Morgan fingerprint density at radius 1 is 0.297 bits per heavy atom. The van der Waals surface area contributed by atoms with E-state index in [1.165, 1.54) is 0 Å². The monoisotopic (exact) mass is 469 g/mol. The summed E-state index contributed by atoms with van der Waals surface area (Å²) < 4.78 is 0. The highest BCUT2D eigenvalue weighted by Crippen LogP contribution is 2.33. The molecule has 0 radical (unpaired) electrons. The predicted octanol–water partition coefficient (Wildman–Crippen LogP) is 7.96. The number of anilines is 3. The summed E-state index contributed by atoms with van der Waals surface area (Å²) in [7, 11) is 0. The van der Waals surface area contributed by atoms with Crippen molar-refractivity contribution in [2.45, 2.75) is 0 Å². The largest absolute Gasteiger partial charge is 0.311 e. The molecule has 0 unspecified atom stereocenters. The minimum Gasteiger partial charge on any atom is -0.311 e. The second kappa shape index (κ2) is 11.8. The summed E-state index contributed by atoms with van der Waals surface area (Å²) in [5.41, 5.74) is 7.08. The maximum atomic E-state index is 3.18. The normalized spacial score (nSPS) is 9.51. The molecule has 37 heavy (non-hydrogen) atoms. The third kappa shape index (κ3) is 6.38. The smallest absolute Gasteiger partial charge is 0.0462 e. The van der Waals surface area contributed by atoms with Gasteiger partial charge in [-0.2, -0.15) is 0 Å². The summed E-state index contributed by atoms with van der Waals surface area (Å²) in [6, 6.07) is 46.8. The highest BCUT2D eigenvalue weighted by atomic mass is 15.1. The quantitative estimate of drug-likeness (QED) is 0.242. The fraction of sp³-hybridized carbons (Fsp3) is 0.